The second kappa shape index (κ2) is 11.9. The summed E-state index contributed by atoms with van der Waals surface area (Å²) in [6.07, 6.45) is 8.28. The lowest BCUT2D eigenvalue weighted by atomic mass is 9.96. The molecule has 2 aliphatic rings. The Morgan fingerprint density at radius 1 is 1.36 bits per heavy atom. The summed E-state index contributed by atoms with van der Waals surface area (Å²) in [5, 5.41) is 0.384. The summed E-state index contributed by atoms with van der Waals surface area (Å²) in [4.78, 5) is 19.3. The van der Waals surface area contributed by atoms with Crippen LogP contribution < -0.4 is 0 Å². The maximum Gasteiger partial charge on any atom is 0.415 e. The monoisotopic (exact) mass is 512 g/mol. The van der Waals surface area contributed by atoms with Crippen molar-refractivity contribution >= 4 is 39.8 Å². The van der Waals surface area contributed by atoms with E-state index in [2.05, 4.69) is 30.8 Å². The van der Waals surface area contributed by atoms with Gasteiger partial charge in [0.1, 0.15) is 16.5 Å². The maximum absolute atomic E-state index is 13.1. The van der Waals surface area contributed by atoms with Gasteiger partial charge >= 0.3 is 6.09 Å². The minimum atomic E-state index is -0.642. The van der Waals surface area contributed by atoms with Crippen molar-refractivity contribution in [3.8, 4) is 0 Å². The third-order valence-electron chi connectivity index (χ3n) is 5.89. The Bertz CT molecular complexity index is 1120. The van der Waals surface area contributed by atoms with Crippen LogP contribution in [0.2, 0.25) is 0 Å². The molecule has 3 heterocycles. The fourth-order valence-electron chi connectivity index (χ4n) is 3.98. The fourth-order valence-corrected chi connectivity index (χ4v) is 4.18. The van der Waals surface area contributed by atoms with Crippen LogP contribution in [-0.2, 0) is 9.47 Å². The molecule has 1 amide bonds. The molecule has 0 saturated heterocycles. The molecule has 1 unspecified atom stereocenters. The highest BCUT2D eigenvalue weighted by Crippen LogP contribution is 2.40. The standard InChI is InChI=1S/C29H37ClN2O4/c1-8-11-26(30)31-23-17-25(35-27(23)21(4)22-12-9-14-34-15-10-13-22)24-16-19(2)20(3)18-32(24)28(33)36-29(5,6)7/h8,12,16-17,19H,1,3-4,9-11,13-15,18H2,2,5-7H3/b22-12-,31-26?. The van der Waals surface area contributed by atoms with Gasteiger partial charge in [-0.25, -0.2) is 9.79 Å². The van der Waals surface area contributed by atoms with Crippen LogP contribution in [0, 0.1) is 5.92 Å². The smallest absolute Gasteiger partial charge is 0.415 e. The molecule has 0 N–H and O–H groups in total. The van der Waals surface area contributed by atoms with Gasteiger partial charge in [0, 0.05) is 24.7 Å². The molecule has 6 nitrogen and oxygen atoms in total. The molecule has 1 aromatic heterocycles. The molecular formula is C29H37ClN2O4. The van der Waals surface area contributed by atoms with Gasteiger partial charge in [-0.2, -0.15) is 0 Å². The van der Waals surface area contributed by atoms with E-state index in [0.29, 0.717) is 54.3 Å². The minimum absolute atomic E-state index is 0.0556. The number of amides is 1. The van der Waals surface area contributed by atoms with Gasteiger partial charge < -0.3 is 13.9 Å². The van der Waals surface area contributed by atoms with Crippen LogP contribution in [0.25, 0.3) is 11.3 Å². The molecule has 7 heteroatoms. The molecule has 0 aromatic carbocycles. The predicted octanol–water partition coefficient (Wildman–Crippen LogP) is 8.05. The van der Waals surface area contributed by atoms with Crippen molar-refractivity contribution in [1.29, 1.82) is 0 Å². The lowest BCUT2D eigenvalue weighted by Crippen LogP contribution is -2.39. The van der Waals surface area contributed by atoms with Gasteiger partial charge in [0.2, 0.25) is 0 Å². The molecule has 2 aliphatic heterocycles. The van der Waals surface area contributed by atoms with Crippen molar-refractivity contribution in [3.63, 3.8) is 0 Å². The highest BCUT2D eigenvalue weighted by Gasteiger charge is 2.32. The normalized spacial score (nSPS) is 21.1. The lowest BCUT2D eigenvalue weighted by molar-refractivity contribution is 0.0356. The first-order valence-corrected chi connectivity index (χ1v) is 12.7. The Labute approximate surface area is 219 Å². The average molecular weight is 513 g/mol. The largest absolute Gasteiger partial charge is 0.452 e. The first kappa shape index (κ1) is 27.8. The van der Waals surface area contributed by atoms with Crippen LogP contribution in [-0.4, -0.2) is 41.5 Å². The summed E-state index contributed by atoms with van der Waals surface area (Å²) in [6.45, 7) is 21.5. The van der Waals surface area contributed by atoms with Gasteiger partial charge in [0.05, 0.1) is 18.8 Å². The lowest BCUT2D eigenvalue weighted by Gasteiger charge is -2.33. The van der Waals surface area contributed by atoms with Gasteiger partial charge in [-0.05, 0) is 57.6 Å². The number of hydrogen-bond acceptors (Lipinski definition) is 5. The van der Waals surface area contributed by atoms with E-state index in [0.717, 1.165) is 36.0 Å². The summed E-state index contributed by atoms with van der Waals surface area (Å²) < 4.78 is 17.7. The number of carbonyl (C=O) groups excluding carboxylic acids is 1. The van der Waals surface area contributed by atoms with Gasteiger partial charge in [-0.1, -0.05) is 49.4 Å². The van der Waals surface area contributed by atoms with E-state index >= 15 is 0 Å². The molecule has 194 valence electrons. The quantitative estimate of drug-likeness (QED) is 0.285. The van der Waals surface area contributed by atoms with Crippen molar-refractivity contribution < 1.29 is 18.7 Å². The highest BCUT2D eigenvalue weighted by molar-refractivity contribution is 6.65. The molecule has 36 heavy (non-hydrogen) atoms. The number of nitrogens with zero attached hydrogens (tertiary/aromatic N) is 2. The van der Waals surface area contributed by atoms with Crippen molar-refractivity contribution in [1.82, 2.24) is 4.90 Å². The van der Waals surface area contributed by atoms with E-state index in [4.69, 9.17) is 25.5 Å². The van der Waals surface area contributed by atoms with Crippen LogP contribution in [0.4, 0.5) is 10.5 Å². The number of allylic oxidation sites excluding steroid dienone is 4. The summed E-state index contributed by atoms with van der Waals surface area (Å²) in [5.41, 5.74) is 3.29. The Hall–Kier alpha value is -2.83. The minimum Gasteiger partial charge on any atom is -0.452 e. The molecule has 0 radical (unpaired) electrons. The third-order valence-corrected chi connectivity index (χ3v) is 6.13. The average Bonchev–Trinajstić information content (AvgIpc) is 3.17. The Morgan fingerprint density at radius 3 is 2.81 bits per heavy atom. The Balaban J connectivity index is 2.08. The van der Waals surface area contributed by atoms with E-state index in [1.165, 1.54) is 0 Å². The molecule has 0 saturated carbocycles. The molecule has 3 rings (SSSR count). The fraction of sp³-hybridized carbons (Fsp3) is 0.448. The second-order valence-corrected chi connectivity index (χ2v) is 10.5. The molecule has 0 spiro atoms. The van der Waals surface area contributed by atoms with Gasteiger partial charge in [-0.3, -0.25) is 4.90 Å². The SMILES string of the molecule is C=CCC(Cl)=Nc1cc(C2=CC(C)C(=C)CN2C(=O)OC(C)(C)C)oc1C(=C)/C1=C\CCOCCC1. The molecule has 1 aromatic rings. The van der Waals surface area contributed by atoms with Gasteiger partial charge in [-0.15, -0.1) is 6.58 Å². The number of furan rings is 1. The predicted molar refractivity (Wildman–Crippen MR) is 147 cm³/mol. The van der Waals surface area contributed by atoms with E-state index < -0.39 is 11.7 Å². The van der Waals surface area contributed by atoms with Crippen LogP contribution in [0.5, 0.6) is 0 Å². The number of halogens is 1. The van der Waals surface area contributed by atoms with E-state index in [9.17, 15) is 4.79 Å². The van der Waals surface area contributed by atoms with Gasteiger partial charge in [0.15, 0.2) is 11.5 Å². The van der Waals surface area contributed by atoms with E-state index in [-0.39, 0.29) is 5.92 Å². The van der Waals surface area contributed by atoms with Crippen LogP contribution in [0.1, 0.15) is 64.9 Å². The molecule has 0 bridgehead atoms. The van der Waals surface area contributed by atoms with Crippen molar-refractivity contribution in [2.45, 2.75) is 59.0 Å². The number of rotatable bonds is 6. The van der Waals surface area contributed by atoms with Crippen molar-refractivity contribution in [3.05, 3.63) is 66.7 Å². The maximum atomic E-state index is 13.1. The Kier molecular flexibility index (Phi) is 9.20. The Morgan fingerprint density at radius 2 is 2.11 bits per heavy atom. The molecule has 0 aliphatic carbocycles. The first-order valence-electron chi connectivity index (χ1n) is 12.3. The van der Waals surface area contributed by atoms with Crippen molar-refractivity contribution in [2.75, 3.05) is 19.8 Å². The number of aliphatic imine (C=N–C) groups is 1. The van der Waals surface area contributed by atoms with Crippen LogP contribution >= 0.6 is 11.6 Å². The van der Waals surface area contributed by atoms with E-state index in [1.54, 1.807) is 11.0 Å². The summed E-state index contributed by atoms with van der Waals surface area (Å²) in [7, 11) is 0. The van der Waals surface area contributed by atoms with Crippen molar-refractivity contribution in [2.24, 2.45) is 10.9 Å². The molecular weight excluding hydrogens is 476 g/mol. The topological polar surface area (TPSA) is 64.3 Å². The van der Waals surface area contributed by atoms with E-state index in [1.807, 2.05) is 39.8 Å². The highest BCUT2D eigenvalue weighted by atomic mass is 35.5. The summed E-state index contributed by atoms with van der Waals surface area (Å²) in [5.74, 6) is 1.08. The van der Waals surface area contributed by atoms with Crippen LogP contribution in [0.3, 0.4) is 0 Å². The summed E-state index contributed by atoms with van der Waals surface area (Å²) in [6, 6.07) is 1.81. The zero-order valence-corrected chi connectivity index (χ0v) is 22.6. The summed E-state index contributed by atoms with van der Waals surface area (Å²) >= 11 is 6.38. The molecule has 1 atom stereocenters. The zero-order chi connectivity index (χ0) is 26.5. The first-order chi connectivity index (χ1) is 17.0. The third kappa shape index (κ3) is 7.11. The molecule has 0 fully saturated rings. The zero-order valence-electron chi connectivity index (χ0n) is 21.9. The second-order valence-electron chi connectivity index (χ2n) is 10.1. The van der Waals surface area contributed by atoms with Crippen LogP contribution in [0.15, 0.2) is 64.6 Å². The number of hydrogen-bond donors (Lipinski definition) is 0. The number of ether oxygens (including phenoxy) is 2. The van der Waals surface area contributed by atoms with Gasteiger partial charge in [0.25, 0.3) is 0 Å². The number of carbonyl (C=O) groups is 1.